The van der Waals surface area contributed by atoms with Crippen molar-refractivity contribution in [2.75, 3.05) is 11.4 Å². The summed E-state index contributed by atoms with van der Waals surface area (Å²) >= 11 is 0. The van der Waals surface area contributed by atoms with Crippen molar-refractivity contribution in [3.05, 3.63) is 30.9 Å². The van der Waals surface area contributed by atoms with E-state index in [0.717, 1.165) is 18.4 Å². The van der Waals surface area contributed by atoms with Crippen molar-refractivity contribution >= 4 is 17.5 Å². The Hall–Kier alpha value is -3.21. The van der Waals surface area contributed by atoms with E-state index in [1.54, 1.807) is 28.2 Å². The molecular formula is C19H19N7O. The Morgan fingerprint density at radius 2 is 2.19 bits per heavy atom. The maximum atomic E-state index is 13.4. The lowest BCUT2D eigenvalue weighted by Crippen LogP contribution is -2.38. The molecular weight excluding hydrogens is 342 g/mol. The molecule has 27 heavy (non-hydrogen) atoms. The van der Waals surface area contributed by atoms with Crippen LogP contribution in [0.4, 0.5) is 5.95 Å². The van der Waals surface area contributed by atoms with Crippen LogP contribution < -0.4 is 4.90 Å². The molecule has 3 aromatic heterocycles. The zero-order valence-electron chi connectivity index (χ0n) is 15.2. The topological polar surface area (TPSA) is 92.1 Å². The lowest BCUT2D eigenvalue weighted by molar-refractivity contribution is -0.124. The molecule has 0 aromatic carbocycles. The molecule has 136 valence electrons. The Morgan fingerprint density at radius 1 is 1.37 bits per heavy atom. The number of carbonyl (C=O) groups excluding carboxylic acids is 1. The molecule has 2 atom stereocenters. The van der Waals surface area contributed by atoms with Gasteiger partial charge in [-0.2, -0.15) is 10.4 Å². The first kappa shape index (κ1) is 16.0. The molecule has 0 bridgehead atoms. The zero-order valence-corrected chi connectivity index (χ0v) is 15.2. The average molecular weight is 361 g/mol. The lowest BCUT2D eigenvalue weighted by Gasteiger charge is -2.23. The van der Waals surface area contributed by atoms with E-state index in [4.69, 9.17) is 4.98 Å². The maximum absolute atomic E-state index is 13.4. The second-order valence-electron chi connectivity index (χ2n) is 7.57. The van der Waals surface area contributed by atoms with Gasteiger partial charge in [0.25, 0.3) is 0 Å². The number of aromatic nitrogens is 5. The van der Waals surface area contributed by atoms with Crippen LogP contribution in [0.5, 0.6) is 0 Å². The van der Waals surface area contributed by atoms with E-state index in [-0.39, 0.29) is 17.7 Å². The second-order valence-corrected chi connectivity index (χ2v) is 7.57. The van der Waals surface area contributed by atoms with Crippen LogP contribution in [0.1, 0.15) is 19.8 Å². The molecule has 0 radical (unpaired) electrons. The van der Waals surface area contributed by atoms with Crippen molar-refractivity contribution in [1.82, 2.24) is 24.1 Å². The summed E-state index contributed by atoms with van der Waals surface area (Å²) in [7, 11) is 1.85. The quantitative estimate of drug-likeness (QED) is 0.712. The molecule has 2 fully saturated rings. The SMILES string of the molecule is C[C@@H]1CN(c2nc(-c3cnn(C)c3)cc3nccn23)C(=O)[C@]1(C#N)C1CC1. The van der Waals surface area contributed by atoms with Gasteiger partial charge in [0, 0.05) is 49.7 Å². The Kier molecular flexibility index (Phi) is 3.20. The highest BCUT2D eigenvalue weighted by Crippen LogP contribution is 2.54. The molecule has 1 saturated carbocycles. The molecule has 2 aliphatic rings. The lowest BCUT2D eigenvalue weighted by atomic mass is 9.75. The number of nitrogens with zero attached hydrogens (tertiary/aromatic N) is 7. The van der Waals surface area contributed by atoms with Crippen molar-refractivity contribution in [1.29, 1.82) is 5.26 Å². The second kappa shape index (κ2) is 5.39. The van der Waals surface area contributed by atoms with Gasteiger partial charge in [-0.15, -0.1) is 0 Å². The van der Waals surface area contributed by atoms with Gasteiger partial charge in [-0.25, -0.2) is 9.97 Å². The van der Waals surface area contributed by atoms with Crippen LogP contribution in [0.2, 0.25) is 0 Å². The van der Waals surface area contributed by atoms with Crippen molar-refractivity contribution < 1.29 is 4.79 Å². The number of amides is 1. The molecule has 5 rings (SSSR count). The fraction of sp³-hybridized carbons (Fsp3) is 0.421. The first-order chi connectivity index (χ1) is 13.0. The van der Waals surface area contributed by atoms with Crippen molar-refractivity contribution in [2.45, 2.75) is 19.8 Å². The fourth-order valence-electron chi connectivity index (χ4n) is 4.27. The third kappa shape index (κ3) is 2.14. The summed E-state index contributed by atoms with van der Waals surface area (Å²) in [5.74, 6) is 0.504. The predicted octanol–water partition coefficient (Wildman–Crippen LogP) is 2.03. The Morgan fingerprint density at radius 3 is 2.85 bits per heavy atom. The number of imidazole rings is 1. The minimum absolute atomic E-state index is 0.0371. The molecule has 4 heterocycles. The number of fused-ring (bicyclic) bond motifs is 1. The zero-order chi connectivity index (χ0) is 18.8. The van der Waals surface area contributed by atoms with Gasteiger partial charge in [0.05, 0.1) is 18.0 Å². The third-order valence-corrected chi connectivity index (χ3v) is 5.85. The first-order valence-corrected chi connectivity index (χ1v) is 9.11. The summed E-state index contributed by atoms with van der Waals surface area (Å²) < 4.78 is 3.52. The highest BCUT2D eigenvalue weighted by Gasteiger charge is 2.61. The molecule has 0 unspecified atom stereocenters. The minimum atomic E-state index is -0.932. The Bertz CT molecular complexity index is 1100. The number of aryl methyl sites for hydroxylation is 1. The molecule has 0 spiro atoms. The number of hydrogen-bond donors (Lipinski definition) is 0. The van der Waals surface area contributed by atoms with Gasteiger partial charge in [-0.1, -0.05) is 6.92 Å². The van der Waals surface area contributed by atoms with Crippen LogP contribution in [-0.2, 0) is 11.8 Å². The first-order valence-electron chi connectivity index (χ1n) is 9.11. The van der Waals surface area contributed by atoms with Gasteiger partial charge >= 0.3 is 0 Å². The minimum Gasteiger partial charge on any atom is -0.280 e. The number of carbonyl (C=O) groups is 1. The van der Waals surface area contributed by atoms with Crippen LogP contribution in [0, 0.1) is 28.6 Å². The van der Waals surface area contributed by atoms with E-state index in [1.807, 2.05) is 30.6 Å². The van der Waals surface area contributed by atoms with Gasteiger partial charge in [0.15, 0.2) is 0 Å². The van der Waals surface area contributed by atoms with E-state index < -0.39 is 5.41 Å². The monoisotopic (exact) mass is 361 g/mol. The summed E-state index contributed by atoms with van der Waals surface area (Å²) in [6, 6.07) is 4.25. The van der Waals surface area contributed by atoms with E-state index in [0.29, 0.717) is 23.8 Å². The number of anilines is 1. The molecule has 1 aliphatic heterocycles. The number of hydrogen-bond acceptors (Lipinski definition) is 5. The summed E-state index contributed by atoms with van der Waals surface area (Å²) in [6.45, 7) is 2.48. The molecule has 1 aliphatic carbocycles. The number of nitriles is 1. The average Bonchev–Trinajstić information content (AvgIpc) is 3.12. The van der Waals surface area contributed by atoms with Crippen molar-refractivity contribution in [2.24, 2.45) is 24.3 Å². The third-order valence-electron chi connectivity index (χ3n) is 5.85. The molecule has 1 amide bonds. The summed E-state index contributed by atoms with van der Waals surface area (Å²) in [4.78, 5) is 24.2. The standard InChI is InChI=1S/C19H19N7O/c1-12-9-26(17(27)19(12,11-20)14-3-4-14)18-23-15(13-8-22-24(2)10-13)7-16-21-5-6-25(16)18/h5-8,10,12,14H,3-4,9H2,1-2H3/t12-,19+/m1/s1. The van der Waals surface area contributed by atoms with Crippen LogP contribution >= 0.6 is 0 Å². The molecule has 1 saturated heterocycles. The summed E-state index contributed by atoms with van der Waals surface area (Å²) in [6.07, 6.45) is 9.00. The van der Waals surface area contributed by atoms with Gasteiger partial charge in [0.1, 0.15) is 11.1 Å². The Balaban J connectivity index is 1.66. The van der Waals surface area contributed by atoms with Crippen LogP contribution in [0.25, 0.3) is 16.9 Å². The fourth-order valence-corrected chi connectivity index (χ4v) is 4.27. The Labute approximate surface area is 156 Å². The highest BCUT2D eigenvalue weighted by atomic mass is 16.2. The van der Waals surface area contributed by atoms with Gasteiger partial charge in [-0.3, -0.25) is 18.8 Å². The van der Waals surface area contributed by atoms with E-state index in [1.165, 1.54) is 0 Å². The van der Waals surface area contributed by atoms with E-state index in [9.17, 15) is 10.1 Å². The molecule has 8 heteroatoms. The predicted molar refractivity (Wildman–Crippen MR) is 97.5 cm³/mol. The largest absolute Gasteiger partial charge is 0.280 e. The van der Waals surface area contributed by atoms with Crippen molar-refractivity contribution in [3.63, 3.8) is 0 Å². The molecule has 3 aromatic rings. The highest BCUT2D eigenvalue weighted by molar-refractivity contribution is 6.01. The van der Waals surface area contributed by atoms with Gasteiger partial charge in [0.2, 0.25) is 11.9 Å². The van der Waals surface area contributed by atoms with Crippen molar-refractivity contribution in [3.8, 4) is 17.3 Å². The maximum Gasteiger partial charge on any atom is 0.250 e. The van der Waals surface area contributed by atoms with Crippen LogP contribution in [-0.4, -0.2) is 36.6 Å². The van der Waals surface area contributed by atoms with Gasteiger partial charge < -0.3 is 0 Å². The number of rotatable bonds is 3. The molecule has 0 N–H and O–H groups in total. The van der Waals surface area contributed by atoms with E-state index in [2.05, 4.69) is 16.2 Å². The summed E-state index contributed by atoms with van der Waals surface area (Å²) in [5, 5.41) is 14.1. The smallest absolute Gasteiger partial charge is 0.250 e. The summed E-state index contributed by atoms with van der Waals surface area (Å²) in [5.41, 5.74) is 1.34. The van der Waals surface area contributed by atoms with E-state index >= 15 is 0 Å². The molecule has 8 nitrogen and oxygen atoms in total. The normalized spacial score (nSPS) is 25.3. The van der Waals surface area contributed by atoms with Gasteiger partial charge in [-0.05, 0) is 18.8 Å². The van der Waals surface area contributed by atoms with Crippen LogP contribution in [0.3, 0.4) is 0 Å². The van der Waals surface area contributed by atoms with Crippen LogP contribution in [0.15, 0.2) is 30.9 Å².